The molecule has 0 unspecified atom stereocenters. The predicted octanol–water partition coefficient (Wildman–Crippen LogP) is 5.27. The van der Waals surface area contributed by atoms with Gasteiger partial charge in [-0.3, -0.25) is 10.1 Å². The second-order valence-electron chi connectivity index (χ2n) is 6.36. The van der Waals surface area contributed by atoms with Gasteiger partial charge in [-0.05, 0) is 61.1 Å². The van der Waals surface area contributed by atoms with Gasteiger partial charge >= 0.3 is 6.18 Å². The number of carbonyl (C=O) groups is 1. The molecule has 9 heteroatoms. The molecule has 0 saturated carbocycles. The summed E-state index contributed by atoms with van der Waals surface area (Å²) in [6, 6.07) is 11.3. The second-order valence-corrected chi connectivity index (χ2v) is 6.77. The van der Waals surface area contributed by atoms with Crippen LogP contribution in [-0.2, 0) is 6.18 Å². The van der Waals surface area contributed by atoms with Crippen molar-refractivity contribution in [1.82, 2.24) is 5.32 Å². The van der Waals surface area contributed by atoms with Gasteiger partial charge in [-0.2, -0.15) is 18.4 Å². The first-order valence-corrected chi connectivity index (χ1v) is 9.62. The average molecular weight is 435 g/mol. The Hall–Kier alpha value is -3.12. The van der Waals surface area contributed by atoms with Crippen molar-refractivity contribution in [3.8, 4) is 11.8 Å². The van der Waals surface area contributed by atoms with Crippen LogP contribution in [0.2, 0.25) is 0 Å². The molecule has 30 heavy (non-hydrogen) atoms. The highest BCUT2D eigenvalue weighted by Gasteiger charge is 2.34. The molecule has 0 aliphatic rings. The van der Waals surface area contributed by atoms with E-state index >= 15 is 0 Å². The first kappa shape index (κ1) is 23.2. The summed E-state index contributed by atoms with van der Waals surface area (Å²) in [5, 5.41) is 13.6. The Bertz CT molecular complexity index is 938. The van der Waals surface area contributed by atoms with Gasteiger partial charge in [-0.15, -0.1) is 0 Å². The highest BCUT2D eigenvalue weighted by atomic mass is 32.1. The summed E-state index contributed by atoms with van der Waals surface area (Å²) in [7, 11) is 0. The van der Waals surface area contributed by atoms with Crippen LogP contribution in [0.1, 0.15) is 47.7 Å². The number of unbranched alkanes of at least 4 members (excludes halogenated alkanes) is 2. The molecule has 2 aromatic rings. The van der Waals surface area contributed by atoms with Crippen LogP contribution in [0.5, 0.6) is 5.75 Å². The molecule has 0 aromatic heterocycles. The molecule has 0 fully saturated rings. The lowest BCUT2D eigenvalue weighted by molar-refractivity contribution is -0.138. The van der Waals surface area contributed by atoms with Crippen molar-refractivity contribution < 1.29 is 22.7 Å². The molecule has 0 spiro atoms. The summed E-state index contributed by atoms with van der Waals surface area (Å²) < 4.78 is 45.5. The van der Waals surface area contributed by atoms with Crippen LogP contribution in [-0.4, -0.2) is 17.6 Å². The quantitative estimate of drug-likeness (QED) is 0.458. The van der Waals surface area contributed by atoms with Gasteiger partial charge in [-0.1, -0.05) is 19.8 Å². The number of nitriles is 1. The largest absolute Gasteiger partial charge is 0.493 e. The van der Waals surface area contributed by atoms with E-state index in [0.29, 0.717) is 12.0 Å². The van der Waals surface area contributed by atoms with Crippen molar-refractivity contribution in [1.29, 1.82) is 5.26 Å². The van der Waals surface area contributed by atoms with E-state index in [9.17, 15) is 18.0 Å². The number of anilines is 1. The van der Waals surface area contributed by atoms with E-state index in [1.54, 1.807) is 0 Å². The molecule has 0 aliphatic heterocycles. The Morgan fingerprint density at radius 1 is 1.17 bits per heavy atom. The summed E-state index contributed by atoms with van der Waals surface area (Å²) in [6.07, 6.45) is -2.14. The fourth-order valence-electron chi connectivity index (χ4n) is 2.52. The molecule has 0 saturated heterocycles. The minimum Gasteiger partial charge on any atom is -0.493 e. The fourth-order valence-corrected chi connectivity index (χ4v) is 2.73. The number of carbonyl (C=O) groups excluding carboxylic acids is 1. The van der Waals surface area contributed by atoms with Crippen LogP contribution in [0.3, 0.4) is 0 Å². The number of nitrogens with zero attached hydrogens (tertiary/aromatic N) is 1. The van der Waals surface area contributed by atoms with Crippen molar-refractivity contribution in [2.24, 2.45) is 0 Å². The third kappa shape index (κ3) is 6.74. The van der Waals surface area contributed by atoms with E-state index < -0.39 is 17.6 Å². The topological polar surface area (TPSA) is 74.2 Å². The lowest BCUT2D eigenvalue weighted by Crippen LogP contribution is -2.34. The number of ether oxygens (including phenoxy) is 1. The van der Waals surface area contributed by atoms with Crippen LogP contribution in [0.4, 0.5) is 18.9 Å². The molecule has 2 N–H and O–H groups in total. The molecule has 5 nitrogen and oxygen atoms in total. The number of alkyl halides is 3. The average Bonchev–Trinajstić information content (AvgIpc) is 2.71. The Labute approximate surface area is 177 Å². The Balaban J connectivity index is 2.06. The monoisotopic (exact) mass is 435 g/mol. The summed E-state index contributed by atoms with van der Waals surface area (Å²) in [6.45, 7) is 2.19. The van der Waals surface area contributed by atoms with E-state index in [1.165, 1.54) is 36.4 Å². The van der Waals surface area contributed by atoms with Gasteiger partial charge in [0.15, 0.2) is 5.11 Å². The third-order valence-electron chi connectivity index (χ3n) is 4.05. The maximum Gasteiger partial charge on any atom is 0.420 e. The molecule has 0 aliphatic carbocycles. The standard InChI is InChI=1S/C21H20F3N3O2S/c1-2-3-4-11-29-18-10-9-16(12-17(18)21(22,23)24)26-20(30)27-19(28)15-7-5-14(13-25)6-8-15/h5-10,12H,2-4,11H2,1H3,(H2,26,27,28,30). The number of hydrogen-bond acceptors (Lipinski definition) is 4. The molecule has 0 heterocycles. The van der Waals surface area contributed by atoms with Crippen LogP contribution in [0.25, 0.3) is 0 Å². The summed E-state index contributed by atoms with van der Waals surface area (Å²) in [5.74, 6) is -0.805. The van der Waals surface area contributed by atoms with Gasteiger partial charge in [-0.25, -0.2) is 0 Å². The van der Waals surface area contributed by atoms with Crippen molar-refractivity contribution in [3.05, 3.63) is 59.2 Å². The third-order valence-corrected chi connectivity index (χ3v) is 4.26. The first-order valence-electron chi connectivity index (χ1n) is 9.21. The number of thiocarbonyl (C=S) groups is 1. The number of benzene rings is 2. The minimum absolute atomic E-state index is 0.0633. The molecule has 0 bridgehead atoms. The van der Waals surface area contributed by atoms with Crippen molar-refractivity contribution in [2.45, 2.75) is 32.4 Å². The van der Waals surface area contributed by atoms with E-state index in [4.69, 9.17) is 22.2 Å². The van der Waals surface area contributed by atoms with Gasteiger partial charge in [0.05, 0.1) is 23.8 Å². The van der Waals surface area contributed by atoms with Gasteiger partial charge in [0, 0.05) is 11.3 Å². The lowest BCUT2D eigenvalue weighted by atomic mass is 10.1. The molecule has 2 aromatic carbocycles. The van der Waals surface area contributed by atoms with Gasteiger partial charge in [0.25, 0.3) is 5.91 Å². The number of nitrogens with one attached hydrogen (secondary N) is 2. The molecule has 1 amide bonds. The maximum absolute atomic E-state index is 13.4. The van der Waals surface area contributed by atoms with Crippen molar-refractivity contribution in [3.63, 3.8) is 0 Å². The van der Waals surface area contributed by atoms with Crippen LogP contribution < -0.4 is 15.4 Å². The predicted molar refractivity (Wildman–Crippen MR) is 111 cm³/mol. The van der Waals surface area contributed by atoms with Crippen LogP contribution >= 0.6 is 12.2 Å². The smallest absolute Gasteiger partial charge is 0.420 e. The number of amides is 1. The van der Waals surface area contributed by atoms with Gasteiger partial charge in [0.2, 0.25) is 0 Å². The van der Waals surface area contributed by atoms with E-state index in [0.717, 1.165) is 18.9 Å². The van der Waals surface area contributed by atoms with E-state index in [1.807, 2.05) is 13.0 Å². The van der Waals surface area contributed by atoms with Crippen LogP contribution in [0.15, 0.2) is 42.5 Å². The SMILES string of the molecule is CCCCCOc1ccc(NC(=S)NC(=O)c2ccc(C#N)cc2)cc1C(F)(F)F. The molecule has 158 valence electrons. The Kier molecular flexibility index (Phi) is 8.18. The second kappa shape index (κ2) is 10.6. The van der Waals surface area contributed by atoms with Gasteiger partial charge < -0.3 is 10.1 Å². The highest BCUT2D eigenvalue weighted by molar-refractivity contribution is 7.80. The summed E-state index contributed by atoms with van der Waals surface area (Å²) >= 11 is 5.02. The molecule has 0 radical (unpaired) electrons. The van der Waals surface area contributed by atoms with Crippen molar-refractivity contribution in [2.75, 3.05) is 11.9 Å². The van der Waals surface area contributed by atoms with Crippen molar-refractivity contribution >= 4 is 28.9 Å². The zero-order valence-corrected chi connectivity index (χ0v) is 17.0. The molecule has 0 atom stereocenters. The summed E-state index contributed by atoms with van der Waals surface area (Å²) in [4.78, 5) is 12.2. The first-order chi connectivity index (χ1) is 14.2. The number of halogens is 3. The zero-order valence-electron chi connectivity index (χ0n) is 16.2. The Morgan fingerprint density at radius 3 is 2.47 bits per heavy atom. The Morgan fingerprint density at radius 2 is 1.87 bits per heavy atom. The maximum atomic E-state index is 13.4. The van der Waals surface area contributed by atoms with Gasteiger partial charge in [0.1, 0.15) is 5.75 Å². The zero-order chi connectivity index (χ0) is 22.1. The molecule has 2 rings (SSSR count). The number of rotatable bonds is 7. The number of hydrogen-bond donors (Lipinski definition) is 2. The minimum atomic E-state index is -4.61. The summed E-state index contributed by atoms with van der Waals surface area (Å²) in [5.41, 5.74) is -0.215. The lowest BCUT2D eigenvalue weighted by Gasteiger charge is -2.16. The molecular weight excluding hydrogens is 415 g/mol. The normalized spacial score (nSPS) is 10.8. The fraction of sp³-hybridized carbons (Fsp3) is 0.286. The van der Waals surface area contributed by atoms with Crippen LogP contribution in [0, 0.1) is 11.3 Å². The van der Waals surface area contributed by atoms with E-state index in [2.05, 4.69) is 10.6 Å². The van der Waals surface area contributed by atoms with E-state index in [-0.39, 0.29) is 28.7 Å². The molecular formula is C21H20F3N3O2S. The highest BCUT2D eigenvalue weighted by Crippen LogP contribution is 2.38.